The Morgan fingerprint density at radius 2 is 1.91 bits per heavy atom. The van der Waals surface area contributed by atoms with Crippen LogP contribution in [0.25, 0.3) is 0 Å². The van der Waals surface area contributed by atoms with Gasteiger partial charge in [0.2, 0.25) is 0 Å². The third-order valence-corrected chi connectivity index (χ3v) is 8.00. The Kier molecular flexibility index (Phi) is 8.60. The van der Waals surface area contributed by atoms with E-state index in [1.807, 2.05) is 20.8 Å². The molecule has 0 saturated carbocycles. The van der Waals surface area contributed by atoms with Crippen LogP contribution in [0, 0.1) is 35.5 Å². The minimum atomic E-state index is -0.616. The molecule has 2 aliphatic carbocycles. The van der Waals surface area contributed by atoms with Crippen LogP contribution >= 0.6 is 0 Å². The molecule has 5 nitrogen and oxygen atoms in total. The molecule has 1 fully saturated rings. The molecule has 0 amide bonds. The standard InChI is InChI=1S/C27H42O5/c1-6-18(7-2)26(29)32-24-14-16(4)13-19-10-9-17(5)22(25(19)24)12-11-20-15-23(28)21(8-3)27(30)31-20/h9-10,13,16-18,20-25,28H,6-8,11-12,14-15H2,1-5H3/t16-,17-,20+,21?,22-,23+,24-,25?/m0/s1. The molecule has 2 unspecified atom stereocenters. The quantitative estimate of drug-likeness (QED) is 0.517. The van der Waals surface area contributed by atoms with Crippen molar-refractivity contribution in [3.05, 3.63) is 23.8 Å². The number of hydrogen-bond donors (Lipinski definition) is 1. The second-order valence-electron chi connectivity index (χ2n) is 10.2. The van der Waals surface area contributed by atoms with Gasteiger partial charge in [0.05, 0.1) is 17.9 Å². The average molecular weight is 447 g/mol. The van der Waals surface area contributed by atoms with E-state index < -0.39 is 12.0 Å². The fraction of sp³-hybridized carbons (Fsp3) is 0.778. The average Bonchev–Trinajstić information content (AvgIpc) is 2.74. The van der Waals surface area contributed by atoms with Gasteiger partial charge in [-0.1, -0.05) is 52.8 Å². The maximum Gasteiger partial charge on any atom is 0.311 e. The van der Waals surface area contributed by atoms with Crippen LogP contribution < -0.4 is 0 Å². The Bertz CT molecular complexity index is 722. The molecule has 0 spiro atoms. The van der Waals surface area contributed by atoms with Gasteiger partial charge in [-0.2, -0.15) is 0 Å². The summed E-state index contributed by atoms with van der Waals surface area (Å²) in [5.74, 6) is 0.457. The Labute approximate surface area is 193 Å². The van der Waals surface area contributed by atoms with E-state index >= 15 is 0 Å². The van der Waals surface area contributed by atoms with Gasteiger partial charge in [0.25, 0.3) is 0 Å². The van der Waals surface area contributed by atoms with Crippen molar-refractivity contribution in [3.63, 3.8) is 0 Å². The van der Waals surface area contributed by atoms with Crippen LogP contribution in [-0.4, -0.2) is 35.4 Å². The van der Waals surface area contributed by atoms with Gasteiger partial charge in [-0.25, -0.2) is 0 Å². The van der Waals surface area contributed by atoms with Gasteiger partial charge in [-0.3, -0.25) is 9.59 Å². The van der Waals surface area contributed by atoms with E-state index in [-0.39, 0.29) is 36.0 Å². The van der Waals surface area contributed by atoms with E-state index in [1.165, 1.54) is 5.57 Å². The largest absolute Gasteiger partial charge is 0.462 e. The van der Waals surface area contributed by atoms with E-state index in [9.17, 15) is 14.7 Å². The lowest BCUT2D eigenvalue weighted by molar-refractivity contribution is -0.171. The number of carbonyl (C=O) groups excluding carboxylic acids is 2. The molecule has 0 aromatic rings. The molecule has 1 aliphatic heterocycles. The van der Waals surface area contributed by atoms with Crippen LogP contribution in [0.4, 0.5) is 0 Å². The first-order chi connectivity index (χ1) is 15.3. The molecule has 0 aromatic heterocycles. The highest BCUT2D eigenvalue weighted by atomic mass is 16.6. The summed E-state index contributed by atoms with van der Waals surface area (Å²) in [6, 6.07) is 0. The van der Waals surface area contributed by atoms with Crippen molar-refractivity contribution in [2.24, 2.45) is 35.5 Å². The summed E-state index contributed by atoms with van der Waals surface area (Å²) in [6.45, 7) is 10.4. The van der Waals surface area contributed by atoms with Crippen LogP contribution in [0.15, 0.2) is 23.8 Å². The number of ether oxygens (including phenoxy) is 2. The number of rotatable bonds is 8. The van der Waals surface area contributed by atoms with E-state index in [2.05, 4.69) is 32.1 Å². The fourth-order valence-corrected chi connectivity index (χ4v) is 5.97. The van der Waals surface area contributed by atoms with Gasteiger partial charge in [-0.15, -0.1) is 0 Å². The highest BCUT2D eigenvalue weighted by molar-refractivity contribution is 5.74. The van der Waals surface area contributed by atoms with Crippen LogP contribution in [0.2, 0.25) is 0 Å². The lowest BCUT2D eigenvalue weighted by atomic mass is 9.65. The molecule has 0 aromatic carbocycles. The van der Waals surface area contributed by atoms with Gasteiger partial charge in [0.15, 0.2) is 0 Å². The Balaban J connectivity index is 1.73. The summed E-state index contributed by atoms with van der Waals surface area (Å²) in [4.78, 5) is 25.1. The van der Waals surface area contributed by atoms with Crippen LogP contribution in [-0.2, 0) is 19.1 Å². The van der Waals surface area contributed by atoms with Gasteiger partial charge in [0.1, 0.15) is 12.2 Å². The zero-order chi connectivity index (χ0) is 23.4. The number of cyclic esters (lactones) is 1. The number of aliphatic hydroxyl groups excluding tert-OH is 1. The highest BCUT2D eigenvalue weighted by Gasteiger charge is 2.43. The number of esters is 2. The molecule has 1 saturated heterocycles. The van der Waals surface area contributed by atoms with Gasteiger partial charge in [-0.05, 0) is 61.9 Å². The predicted molar refractivity (Wildman–Crippen MR) is 125 cm³/mol. The van der Waals surface area contributed by atoms with Crippen LogP contribution in [0.1, 0.15) is 79.6 Å². The SMILES string of the molecule is CCC(CC)C(=O)O[C@H]1C[C@@H](C)C=C2C=C[C@H](C)[C@H](CC[C@@H]3C[C@@H](O)C(CC)C(=O)O3)C21. The lowest BCUT2D eigenvalue weighted by Gasteiger charge is -2.43. The smallest absolute Gasteiger partial charge is 0.311 e. The van der Waals surface area contributed by atoms with E-state index in [4.69, 9.17) is 9.47 Å². The molecule has 1 heterocycles. The van der Waals surface area contributed by atoms with E-state index in [1.54, 1.807) is 0 Å². The van der Waals surface area contributed by atoms with E-state index in [0.29, 0.717) is 30.6 Å². The molecule has 5 heteroatoms. The number of fused-ring (bicyclic) bond motifs is 1. The zero-order valence-corrected chi connectivity index (χ0v) is 20.5. The molecular weight excluding hydrogens is 404 g/mol. The minimum Gasteiger partial charge on any atom is -0.462 e. The number of aliphatic hydroxyl groups is 1. The third kappa shape index (κ3) is 5.47. The van der Waals surface area contributed by atoms with Crippen molar-refractivity contribution in [1.82, 2.24) is 0 Å². The first-order valence-corrected chi connectivity index (χ1v) is 12.8. The van der Waals surface area contributed by atoms with Gasteiger partial charge in [0, 0.05) is 12.3 Å². The zero-order valence-electron chi connectivity index (χ0n) is 20.5. The molecule has 0 radical (unpaired) electrons. The maximum atomic E-state index is 12.8. The summed E-state index contributed by atoms with van der Waals surface area (Å²) in [5, 5.41) is 10.4. The summed E-state index contributed by atoms with van der Waals surface area (Å²) < 4.78 is 11.8. The molecule has 3 aliphatic rings. The van der Waals surface area contributed by atoms with Crippen molar-refractivity contribution in [1.29, 1.82) is 0 Å². The molecule has 1 N–H and O–H groups in total. The van der Waals surface area contributed by atoms with Crippen LogP contribution in [0.3, 0.4) is 0 Å². The second-order valence-corrected chi connectivity index (χ2v) is 10.2. The number of allylic oxidation sites excluding steroid dienone is 3. The molecule has 3 rings (SSSR count). The second kappa shape index (κ2) is 11.0. The summed E-state index contributed by atoms with van der Waals surface area (Å²) in [5.41, 5.74) is 1.28. The molecular formula is C27H42O5. The van der Waals surface area contributed by atoms with Crippen molar-refractivity contribution in [3.8, 4) is 0 Å². The van der Waals surface area contributed by atoms with Crippen LogP contribution in [0.5, 0.6) is 0 Å². The molecule has 32 heavy (non-hydrogen) atoms. The maximum absolute atomic E-state index is 12.8. The normalized spacial score (nSPS) is 37.0. The third-order valence-electron chi connectivity index (χ3n) is 8.00. The predicted octanol–water partition coefficient (Wildman–Crippen LogP) is 5.22. The summed E-state index contributed by atoms with van der Waals surface area (Å²) in [7, 11) is 0. The molecule has 180 valence electrons. The van der Waals surface area contributed by atoms with Gasteiger partial charge < -0.3 is 14.6 Å². The molecule has 8 atom stereocenters. The lowest BCUT2D eigenvalue weighted by Crippen LogP contribution is -2.43. The van der Waals surface area contributed by atoms with Crippen molar-refractivity contribution in [2.45, 2.75) is 97.9 Å². The monoisotopic (exact) mass is 446 g/mol. The molecule has 0 bridgehead atoms. The van der Waals surface area contributed by atoms with E-state index in [0.717, 1.165) is 32.1 Å². The topological polar surface area (TPSA) is 72.8 Å². The van der Waals surface area contributed by atoms with Crippen molar-refractivity contribution in [2.75, 3.05) is 0 Å². The highest BCUT2D eigenvalue weighted by Crippen LogP contribution is 2.45. The first-order valence-electron chi connectivity index (χ1n) is 12.8. The minimum absolute atomic E-state index is 0.0377. The van der Waals surface area contributed by atoms with Crippen molar-refractivity contribution < 1.29 is 24.2 Å². The number of carbonyl (C=O) groups is 2. The summed E-state index contributed by atoms with van der Waals surface area (Å²) in [6.07, 6.45) is 11.0. The Morgan fingerprint density at radius 3 is 2.53 bits per heavy atom. The first kappa shape index (κ1) is 25.0. The fourth-order valence-electron chi connectivity index (χ4n) is 5.97. The number of hydrogen-bond acceptors (Lipinski definition) is 5. The Hall–Kier alpha value is -1.62. The summed E-state index contributed by atoms with van der Waals surface area (Å²) >= 11 is 0. The Morgan fingerprint density at radius 1 is 1.19 bits per heavy atom. The van der Waals surface area contributed by atoms with Gasteiger partial charge >= 0.3 is 11.9 Å². The van der Waals surface area contributed by atoms with Crippen molar-refractivity contribution >= 4 is 11.9 Å².